The van der Waals surface area contributed by atoms with Crippen LogP contribution in [0.15, 0.2) is 36.5 Å². The SMILES string of the molecule is COc1ccc2ncc(F)c(CCN3CCN(C4CCOc5cc(C(N)=O)ccc5O4)CC3)c2n1. The van der Waals surface area contributed by atoms with Gasteiger partial charge in [0, 0.05) is 56.3 Å². The molecule has 1 aromatic carbocycles. The van der Waals surface area contributed by atoms with Crippen molar-refractivity contribution in [3.8, 4) is 17.4 Å². The number of hydrogen-bond donors (Lipinski definition) is 1. The molecule has 35 heavy (non-hydrogen) atoms. The molecule has 1 saturated heterocycles. The molecule has 0 spiro atoms. The van der Waals surface area contributed by atoms with E-state index in [2.05, 4.69) is 19.8 Å². The molecule has 1 unspecified atom stereocenters. The van der Waals surface area contributed by atoms with E-state index in [1.165, 1.54) is 6.20 Å². The number of pyridine rings is 2. The van der Waals surface area contributed by atoms with Gasteiger partial charge in [0.2, 0.25) is 11.8 Å². The number of aromatic nitrogens is 2. The average molecular weight is 482 g/mol. The van der Waals surface area contributed by atoms with Gasteiger partial charge in [-0.05, 0) is 30.7 Å². The van der Waals surface area contributed by atoms with Gasteiger partial charge in [-0.1, -0.05) is 0 Å². The first-order chi connectivity index (χ1) is 17.0. The van der Waals surface area contributed by atoms with Crippen LogP contribution >= 0.6 is 0 Å². The van der Waals surface area contributed by atoms with Crippen LogP contribution in [0, 0.1) is 5.82 Å². The Labute approximate surface area is 202 Å². The Hall–Kier alpha value is -3.50. The molecule has 2 aromatic heterocycles. The summed E-state index contributed by atoms with van der Waals surface area (Å²) in [4.78, 5) is 24.6. The van der Waals surface area contributed by atoms with E-state index in [4.69, 9.17) is 19.9 Å². The third kappa shape index (κ3) is 4.98. The van der Waals surface area contributed by atoms with Crippen LogP contribution in [0.5, 0.6) is 17.4 Å². The number of benzene rings is 1. The number of hydrogen-bond acceptors (Lipinski definition) is 8. The first kappa shape index (κ1) is 23.3. The lowest BCUT2D eigenvalue weighted by Gasteiger charge is -2.38. The first-order valence-corrected chi connectivity index (χ1v) is 11.7. The zero-order valence-corrected chi connectivity index (χ0v) is 19.6. The zero-order chi connectivity index (χ0) is 24.4. The van der Waals surface area contributed by atoms with Gasteiger partial charge >= 0.3 is 0 Å². The van der Waals surface area contributed by atoms with E-state index >= 15 is 0 Å². The molecule has 1 atom stereocenters. The minimum Gasteiger partial charge on any atom is -0.489 e. The maximum atomic E-state index is 14.6. The lowest BCUT2D eigenvalue weighted by Crippen LogP contribution is -2.52. The summed E-state index contributed by atoms with van der Waals surface area (Å²) in [5.41, 5.74) is 7.53. The maximum Gasteiger partial charge on any atom is 0.248 e. The van der Waals surface area contributed by atoms with Crippen LogP contribution in [0.25, 0.3) is 11.0 Å². The minimum atomic E-state index is -0.497. The molecule has 3 aromatic rings. The van der Waals surface area contributed by atoms with Gasteiger partial charge in [0.25, 0.3) is 0 Å². The number of ether oxygens (including phenoxy) is 3. The molecular formula is C25H28FN5O4. The Morgan fingerprint density at radius 1 is 1.20 bits per heavy atom. The molecule has 5 rings (SSSR count). The normalized spacial score (nSPS) is 18.9. The van der Waals surface area contributed by atoms with Crippen molar-refractivity contribution in [3.05, 3.63) is 53.5 Å². The van der Waals surface area contributed by atoms with Crippen LogP contribution in [0.1, 0.15) is 22.3 Å². The molecule has 2 aliphatic heterocycles. The van der Waals surface area contributed by atoms with Crippen LogP contribution in [0.2, 0.25) is 0 Å². The molecular weight excluding hydrogens is 453 g/mol. The molecule has 10 heteroatoms. The number of halogens is 1. The number of nitrogens with two attached hydrogens (primary N) is 1. The average Bonchev–Trinajstić information content (AvgIpc) is 3.10. The summed E-state index contributed by atoms with van der Waals surface area (Å²) < 4.78 is 31.9. The van der Waals surface area contributed by atoms with E-state index in [1.807, 2.05) is 0 Å². The second-order valence-electron chi connectivity index (χ2n) is 8.67. The third-order valence-corrected chi connectivity index (χ3v) is 6.55. The van der Waals surface area contributed by atoms with Gasteiger partial charge in [-0.25, -0.2) is 9.37 Å². The Morgan fingerprint density at radius 3 is 2.80 bits per heavy atom. The Morgan fingerprint density at radius 2 is 2.03 bits per heavy atom. The summed E-state index contributed by atoms with van der Waals surface area (Å²) in [6.07, 6.45) is 2.40. The Balaban J connectivity index is 1.20. The number of piperazine rings is 1. The fourth-order valence-electron chi connectivity index (χ4n) is 4.58. The van der Waals surface area contributed by atoms with Crippen LogP contribution < -0.4 is 19.9 Å². The fourth-order valence-corrected chi connectivity index (χ4v) is 4.58. The largest absolute Gasteiger partial charge is 0.489 e. The van der Waals surface area contributed by atoms with E-state index in [0.29, 0.717) is 59.0 Å². The van der Waals surface area contributed by atoms with Crippen molar-refractivity contribution in [1.29, 1.82) is 0 Å². The van der Waals surface area contributed by atoms with Crippen molar-refractivity contribution >= 4 is 16.9 Å². The smallest absolute Gasteiger partial charge is 0.248 e. The van der Waals surface area contributed by atoms with Crippen LogP contribution in [-0.4, -0.2) is 78.3 Å². The Kier molecular flexibility index (Phi) is 6.65. The van der Waals surface area contributed by atoms with Crippen molar-refractivity contribution in [1.82, 2.24) is 19.8 Å². The molecule has 4 heterocycles. The number of nitrogens with zero attached hydrogens (tertiary/aromatic N) is 4. The van der Waals surface area contributed by atoms with E-state index in [-0.39, 0.29) is 12.0 Å². The number of methoxy groups -OCH3 is 1. The van der Waals surface area contributed by atoms with Gasteiger partial charge < -0.3 is 24.8 Å². The second kappa shape index (κ2) is 10.0. The molecule has 2 aliphatic rings. The predicted octanol–water partition coefficient (Wildman–Crippen LogP) is 2.22. The topological polar surface area (TPSA) is 103 Å². The number of carbonyl (C=O) groups excluding carboxylic acids is 1. The van der Waals surface area contributed by atoms with Gasteiger partial charge in [0.1, 0.15) is 5.82 Å². The highest BCUT2D eigenvalue weighted by Gasteiger charge is 2.28. The molecule has 1 fully saturated rings. The maximum absolute atomic E-state index is 14.6. The first-order valence-electron chi connectivity index (χ1n) is 11.7. The summed E-state index contributed by atoms with van der Waals surface area (Å²) in [5.74, 6) is 0.756. The molecule has 0 bridgehead atoms. The highest BCUT2D eigenvalue weighted by Crippen LogP contribution is 2.33. The van der Waals surface area contributed by atoms with Crippen molar-refractivity contribution in [2.75, 3.05) is 46.4 Å². The third-order valence-electron chi connectivity index (χ3n) is 6.55. The number of rotatable bonds is 6. The molecule has 0 saturated carbocycles. The van der Waals surface area contributed by atoms with Crippen molar-refractivity contribution in [2.45, 2.75) is 19.1 Å². The second-order valence-corrected chi connectivity index (χ2v) is 8.67. The zero-order valence-electron chi connectivity index (χ0n) is 19.6. The van der Waals surface area contributed by atoms with Crippen molar-refractivity contribution in [2.24, 2.45) is 5.73 Å². The van der Waals surface area contributed by atoms with E-state index < -0.39 is 5.91 Å². The van der Waals surface area contributed by atoms with E-state index in [1.54, 1.807) is 37.4 Å². The Bertz CT molecular complexity index is 1230. The molecule has 1 amide bonds. The predicted molar refractivity (Wildman–Crippen MR) is 127 cm³/mol. The number of primary amides is 1. The molecule has 0 aliphatic carbocycles. The monoisotopic (exact) mass is 481 g/mol. The number of fused-ring (bicyclic) bond motifs is 2. The van der Waals surface area contributed by atoms with Crippen LogP contribution in [0.3, 0.4) is 0 Å². The van der Waals surface area contributed by atoms with E-state index in [9.17, 15) is 9.18 Å². The van der Waals surface area contributed by atoms with Gasteiger partial charge in [-0.2, -0.15) is 0 Å². The van der Waals surface area contributed by atoms with Gasteiger partial charge in [0.15, 0.2) is 17.7 Å². The van der Waals surface area contributed by atoms with Crippen LogP contribution in [-0.2, 0) is 6.42 Å². The van der Waals surface area contributed by atoms with Gasteiger partial charge in [0.05, 0.1) is 30.9 Å². The fraction of sp³-hybridized carbons (Fsp3) is 0.400. The molecule has 184 valence electrons. The highest BCUT2D eigenvalue weighted by atomic mass is 19.1. The molecule has 0 radical (unpaired) electrons. The van der Waals surface area contributed by atoms with Crippen LogP contribution in [0.4, 0.5) is 4.39 Å². The summed E-state index contributed by atoms with van der Waals surface area (Å²) in [5, 5.41) is 0. The molecule has 9 nitrogen and oxygen atoms in total. The van der Waals surface area contributed by atoms with Gasteiger partial charge in [-0.3, -0.25) is 14.7 Å². The number of carbonyl (C=O) groups is 1. The summed E-state index contributed by atoms with van der Waals surface area (Å²) in [6.45, 7) is 4.54. The highest BCUT2D eigenvalue weighted by molar-refractivity contribution is 5.93. The minimum absolute atomic E-state index is 0.115. The summed E-state index contributed by atoms with van der Waals surface area (Å²) >= 11 is 0. The van der Waals surface area contributed by atoms with E-state index in [0.717, 1.165) is 32.7 Å². The lowest BCUT2D eigenvalue weighted by atomic mass is 10.1. The van der Waals surface area contributed by atoms with Crippen molar-refractivity contribution < 1.29 is 23.4 Å². The summed E-state index contributed by atoms with van der Waals surface area (Å²) in [6, 6.07) is 8.54. The quantitative estimate of drug-likeness (QED) is 0.572. The standard InChI is InChI=1S/C25H28FN5O4/c1-33-22-5-3-19-24(29-22)17(18(26)15-28-19)6-8-30-9-11-31(12-10-30)23-7-13-34-21-14-16(25(27)32)2-4-20(21)35-23/h2-5,14-15,23H,6-13H2,1H3,(H2,27,32). The summed E-state index contributed by atoms with van der Waals surface area (Å²) in [7, 11) is 1.54. The lowest BCUT2D eigenvalue weighted by molar-refractivity contribution is -0.0112. The molecule has 2 N–H and O–H groups in total. The van der Waals surface area contributed by atoms with Crippen molar-refractivity contribution in [3.63, 3.8) is 0 Å². The van der Waals surface area contributed by atoms with Gasteiger partial charge in [-0.15, -0.1) is 0 Å². The number of amides is 1.